The summed E-state index contributed by atoms with van der Waals surface area (Å²) in [5.74, 6) is 1.53. The highest BCUT2D eigenvalue weighted by atomic mass is 19.1. The molecule has 4 rings (SSSR count). The lowest BCUT2D eigenvalue weighted by molar-refractivity contribution is -0.00240. The lowest BCUT2D eigenvalue weighted by atomic mass is 9.70. The van der Waals surface area contributed by atoms with Crippen LogP contribution in [0.25, 0.3) is 0 Å². The Kier molecular flexibility index (Phi) is 5.44. The zero-order chi connectivity index (χ0) is 18.1. The standard InChI is InChI=1S/C22H30FNO2/c1-26-21-10-7-14(11-17(21)15-5-3-2-4-6-15)12-19-18-13-16(23)8-9-20(18)24-22(19)25/h2-5,8,12,14-15,17-18,20-22,24-25H,6-7,9-11,13H2,1H3/b19-12+/t14?,15?,17?,18?,20?,21-,22?/m0/s1. The van der Waals surface area contributed by atoms with Crippen molar-refractivity contribution < 1.29 is 14.2 Å². The molecule has 26 heavy (non-hydrogen) atoms. The number of methoxy groups -OCH3 is 1. The Labute approximate surface area is 155 Å². The molecule has 0 aromatic heterocycles. The lowest BCUT2D eigenvalue weighted by Crippen LogP contribution is -2.35. The van der Waals surface area contributed by atoms with Crippen LogP contribution in [0.5, 0.6) is 0 Å². The summed E-state index contributed by atoms with van der Waals surface area (Å²) in [6.07, 6.45) is 17.8. The fraction of sp³-hybridized carbons (Fsp3) is 0.636. The summed E-state index contributed by atoms with van der Waals surface area (Å²) in [7, 11) is 1.82. The van der Waals surface area contributed by atoms with Crippen molar-refractivity contribution in [3.63, 3.8) is 0 Å². The first kappa shape index (κ1) is 18.1. The molecule has 3 aliphatic carbocycles. The maximum Gasteiger partial charge on any atom is 0.127 e. The van der Waals surface area contributed by atoms with Gasteiger partial charge in [0.25, 0.3) is 0 Å². The quantitative estimate of drug-likeness (QED) is 0.748. The number of hydrogen-bond acceptors (Lipinski definition) is 3. The van der Waals surface area contributed by atoms with E-state index in [1.165, 1.54) is 0 Å². The molecule has 0 spiro atoms. The van der Waals surface area contributed by atoms with Gasteiger partial charge >= 0.3 is 0 Å². The minimum Gasteiger partial charge on any atom is -0.381 e. The van der Waals surface area contributed by atoms with Gasteiger partial charge in [-0.05, 0) is 55.4 Å². The molecule has 2 fully saturated rings. The fourth-order valence-electron chi connectivity index (χ4n) is 5.40. The Morgan fingerprint density at radius 1 is 1.27 bits per heavy atom. The number of rotatable bonds is 3. The van der Waals surface area contributed by atoms with E-state index in [-0.39, 0.29) is 17.8 Å². The van der Waals surface area contributed by atoms with E-state index in [4.69, 9.17) is 4.74 Å². The van der Waals surface area contributed by atoms with Gasteiger partial charge in [0.15, 0.2) is 0 Å². The van der Waals surface area contributed by atoms with Gasteiger partial charge in [0, 0.05) is 25.5 Å². The van der Waals surface area contributed by atoms with Crippen molar-refractivity contribution >= 4 is 0 Å². The third-order valence-electron chi connectivity index (χ3n) is 6.78. The van der Waals surface area contributed by atoms with Crippen LogP contribution in [0, 0.1) is 23.7 Å². The van der Waals surface area contributed by atoms with Crippen molar-refractivity contribution in [2.45, 2.75) is 56.9 Å². The second kappa shape index (κ2) is 7.79. The van der Waals surface area contributed by atoms with Gasteiger partial charge in [-0.1, -0.05) is 36.5 Å². The molecule has 3 nitrogen and oxygen atoms in total. The van der Waals surface area contributed by atoms with E-state index in [9.17, 15) is 9.50 Å². The van der Waals surface area contributed by atoms with E-state index < -0.39 is 6.23 Å². The highest BCUT2D eigenvalue weighted by molar-refractivity contribution is 5.26. The SMILES string of the molecule is CO[C@H]1CCC(/C=C2/C(O)NC3CC=C(F)CC23)CC1C1C=CC=CC1. The zero-order valence-corrected chi connectivity index (χ0v) is 15.5. The van der Waals surface area contributed by atoms with Gasteiger partial charge in [0.1, 0.15) is 6.23 Å². The van der Waals surface area contributed by atoms with E-state index in [0.29, 0.717) is 36.7 Å². The number of allylic oxidation sites excluding steroid dienone is 6. The van der Waals surface area contributed by atoms with Gasteiger partial charge in [-0.2, -0.15) is 0 Å². The highest BCUT2D eigenvalue weighted by Crippen LogP contribution is 2.42. The van der Waals surface area contributed by atoms with E-state index in [1.54, 1.807) is 6.08 Å². The number of fused-ring (bicyclic) bond motifs is 1. The molecule has 7 atom stereocenters. The van der Waals surface area contributed by atoms with Crippen LogP contribution >= 0.6 is 0 Å². The average molecular weight is 359 g/mol. The first-order chi connectivity index (χ1) is 12.7. The zero-order valence-electron chi connectivity index (χ0n) is 15.5. The number of ether oxygens (including phenoxy) is 1. The first-order valence-corrected chi connectivity index (χ1v) is 10.0. The Bertz CT molecular complexity index is 638. The summed E-state index contributed by atoms with van der Waals surface area (Å²) in [6.45, 7) is 0. The molecule has 0 amide bonds. The second-order valence-electron chi connectivity index (χ2n) is 8.26. The van der Waals surface area contributed by atoms with Crippen LogP contribution < -0.4 is 5.32 Å². The minimum absolute atomic E-state index is 0.0341. The minimum atomic E-state index is -0.625. The summed E-state index contributed by atoms with van der Waals surface area (Å²) in [6, 6.07) is 0.174. The monoisotopic (exact) mass is 359 g/mol. The fourth-order valence-corrected chi connectivity index (χ4v) is 5.40. The van der Waals surface area contributed by atoms with Gasteiger partial charge in [0.2, 0.25) is 0 Å². The third-order valence-corrected chi connectivity index (χ3v) is 6.78. The van der Waals surface area contributed by atoms with Crippen LogP contribution in [0.3, 0.4) is 0 Å². The molecule has 0 radical (unpaired) electrons. The van der Waals surface area contributed by atoms with E-state index in [0.717, 1.165) is 31.3 Å². The molecule has 0 aromatic rings. The summed E-state index contributed by atoms with van der Waals surface area (Å²) in [5, 5.41) is 13.7. The van der Waals surface area contributed by atoms with Crippen molar-refractivity contribution in [1.29, 1.82) is 0 Å². The molecule has 1 heterocycles. The lowest BCUT2D eigenvalue weighted by Gasteiger charge is -2.39. The van der Waals surface area contributed by atoms with Crippen molar-refractivity contribution in [1.82, 2.24) is 5.32 Å². The van der Waals surface area contributed by atoms with Crippen molar-refractivity contribution in [3.8, 4) is 0 Å². The number of aliphatic hydroxyl groups excluding tert-OH is 1. The van der Waals surface area contributed by atoms with Gasteiger partial charge in [0.05, 0.1) is 11.9 Å². The molecular weight excluding hydrogens is 329 g/mol. The van der Waals surface area contributed by atoms with Crippen LogP contribution in [0.1, 0.15) is 38.5 Å². The molecule has 1 aliphatic heterocycles. The number of nitrogens with one attached hydrogen (secondary N) is 1. The topological polar surface area (TPSA) is 41.5 Å². The molecule has 1 saturated heterocycles. The number of hydrogen-bond donors (Lipinski definition) is 2. The molecule has 2 N–H and O–H groups in total. The van der Waals surface area contributed by atoms with E-state index in [1.807, 2.05) is 7.11 Å². The molecular formula is C22H30FNO2. The molecule has 6 unspecified atom stereocenters. The smallest absolute Gasteiger partial charge is 0.127 e. The molecule has 0 bridgehead atoms. The Hall–Kier alpha value is -1.23. The van der Waals surface area contributed by atoms with Crippen molar-refractivity contribution in [2.75, 3.05) is 7.11 Å². The summed E-state index contributed by atoms with van der Waals surface area (Å²) in [4.78, 5) is 0. The van der Waals surface area contributed by atoms with Crippen LogP contribution in [0.15, 0.2) is 47.9 Å². The van der Waals surface area contributed by atoms with Gasteiger partial charge in [-0.15, -0.1) is 0 Å². The number of halogens is 1. The normalized spacial score (nSPS) is 44.2. The summed E-state index contributed by atoms with van der Waals surface area (Å²) >= 11 is 0. The summed E-state index contributed by atoms with van der Waals surface area (Å²) in [5.41, 5.74) is 1.01. The predicted molar refractivity (Wildman–Crippen MR) is 101 cm³/mol. The largest absolute Gasteiger partial charge is 0.381 e. The maximum absolute atomic E-state index is 13.8. The first-order valence-electron chi connectivity index (χ1n) is 10.0. The molecule has 1 saturated carbocycles. The third kappa shape index (κ3) is 3.60. The Morgan fingerprint density at radius 3 is 2.92 bits per heavy atom. The number of aliphatic hydroxyl groups is 1. The summed E-state index contributed by atoms with van der Waals surface area (Å²) < 4.78 is 19.6. The van der Waals surface area contributed by atoms with Crippen LogP contribution in [-0.4, -0.2) is 30.6 Å². The molecule has 4 heteroatoms. The predicted octanol–water partition coefficient (Wildman–Crippen LogP) is 4.03. The molecule has 4 aliphatic rings. The van der Waals surface area contributed by atoms with E-state index in [2.05, 4.69) is 35.7 Å². The van der Waals surface area contributed by atoms with Gasteiger partial charge < -0.3 is 9.84 Å². The van der Waals surface area contributed by atoms with E-state index >= 15 is 0 Å². The average Bonchev–Trinajstić information content (AvgIpc) is 2.97. The van der Waals surface area contributed by atoms with Gasteiger partial charge in [-0.3, -0.25) is 5.32 Å². The van der Waals surface area contributed by atoms with Crippen LogP contribution in [-0.2, 0) is 4.74 Å². The van der Waals surface area contributed by atoms with Crippen molar-refractivity contribution in [3.05, 3.63) is 47.9 Å². The van der Waals surface area contributed by atoms with Gasteiger partial charge in [-0.25, -0.2) is 4.39 Å². The van der Waals surface area contributed by atoms with Crippen molar-refractivity contribution in [2.24, 2.45) is 23.7 Å². The molecule has 0 aromatic carbocycles. The Balaban J connectivity index is 1.50. The molecule has 142 valence electrons. The van der Waals surface area contributed by atoms with Crippen LogP contribution in [0.2, 0.25) is 0 Å². The highest BCUT2D eigenvalue weighted by Gasteiger charge is 2.41. The second-order valence-corrected chi connectivity index (χ2v) is 8.26. The Morgan fingerprint density at radius 2 is 2.15 bits per heavy atom. The van der Waals surface area contributed by atoms with Crippen LogP contribution in [0.4, 0.5) is 4.39 Å². The maximum atomic E-state index is 13.8.